The number of thiazole rings is 1. The number of para-hydroxylation sites is 1. The molecular weight excluding hydrogens is 433 g/mol. The molecule has 0 atom stereocenters. The van der Waals surface area contributed by atoms with Gasteiger partial charge in [-0.1, -0.05) is 48.3 Å². The van der Waals surface area contributed by atoms with Gasteiger partial charge in [0.1, 0.15) is 5.56 Å². The van der Waals surface area contributed by atoms with Gasteiger partial charge in [0.05, 0.1) is 20.7 Å². The van der Waals surface area contributed by atoms with Crippen molar-refractivity contribution < 1.29 is 9.72 Å². The van der Waals surface area contributed by atoms with Crippen LogP contribution in [-0.2, 0) is 13.0 Å². The zero-order valence-electron chi connectivity index (χ0n) is 15.7. The quantitative estimate of drug-likeness (QED) is 0.367. The van der Waals surface area contributed by atoms with Crippen molar-refractivity contribution in [3.63, 3.8) is 0 Å². The first-order valence-corrected chi connectivity index (χ1v) is 10.4. The van der Waals surface area contributed by atoms with Gasteiger partial charge in [-0.2, -0.15) is 4.99 Å². The summed E-state index contributed by atoms with van der Waals surface area (Å²) in [6.45, 7) is 4.53. The van der Waals surface area contributed by atoms with Crippen LogP contribution in [-0.4, -0.2) is 15.4 Å². The molecule has 1 heterocycles. The van der Waals surface area contributed by atoms with Crippen molar-refractivity contribution in [2.45, 2.75) is 26.8 Å². The van der Waals surface area contributed by atoms with E-state index < -0.39 is 10.8 Å². The molecule has 0 spiro atoms. The molecule has 1 aromatic heterocycles. The number of carbonyl (C=O) groups excluding carboxylic acids is 1. The van der Waals surface area contributed by atoms with Crippen LogP contribution >= 0.6 is 34.5 Å². The molecule has 150 valence electrons. The molecule has 0 bridgehead atoms. The van der Waals surface area contributed by atoms with E-state index >= 15 is 0 Å². The predicted octanol–water partition coefficient (Wildman–Crippen LogP) is 5.76. The van der Waals surface area contributed by atoms with Crippen molar-refractivity contribution in [1.82, 2.24) is 4.57 Å². The lowest BCUT2D eigenvalue weighted by molar-refractivity contribution is -0.385. The van der Waals surface area contributed by atoms with Crippen molar-refractivity contribution in [2.75, 3.05) is 0 Å². The van der Waals surface area contributed by atoms with Gasteiger partial charge in [-0.15, -0.1) is 11.3 Å². The Labute approximate surface area is 181 Å². The Bertz CT molecular complexity index is 1170. The van der Waals surface area contributed by atoms with Crippen molar-refractivity contribution >= 4 is 46.1 Å². The molecule has 0 N–H and O–H groups in total. The number of rotatable bonds is 5. The third-order valence-electron chi connectivity index (χ3n) is 4.34. The fourth-order valence-corrected chi connectivity index (χ4v) is 4.44. The number of benzene rings is 2. The maximum atomic E-state index is 12.7. The zero-order valence-corrected chi connectivity index (χ0v) is 18.0. The average molecular weight is 450 g/mol. The molecule has 0 radical (unpaired) electrons. The molecule has 0 saturated carbocycles. The molecule has 0 aliphatic rings. The van der Waals surface area contributed by atoms with Crippen LogP contribution in [0.15, 0.2) is 47.5 Å². The molecule has 2 aromatic carbocycles. The van der Waals surface area contributed by atoms with Crippen LogP contribution in [0.5, 0.6) is 0 Å². The number of amides is 1. The van der Waals surface area contributed by atoms with E-state index in [1.165, 1.54) is 29.5 Å². The van der Waals surface area contributed by atoms with Crippen molar-refractivity contribution in [1.29, 1.82) is 0 Å². The lowest BCUT2D eigenvalue weighted by Gasteiger charge is -2.09. The molecule has 6 nitrogen and oxygen atoms in total. The lowest BCUT2D eigenvalue weighted by atomic mass is 10.1. The number of aromatic nitrogens is 1. The van der Waals surface area contributed by atoms with Gasteiger partial charge >= 0.3 is 0 Å². The lowest BCUT2D eigenvalue weighted by Crippen LogP contribution is -2.17. The maximum absolute atomic E-state index is 12.7. The van der Waals surface area contributed by atoms with E-state index in [4.69, 9.17) is 23.2 Å². The van der Waals surface area contributed by atoms with E-state index in [2.05, 4.69) is 4.99 Å². The molecule has 0 unspecified atom stereocenters. The van der Waals surface area contributed by atoms with Gasteiger partial charge in [0.25, 0.3) is 11.6 Å². The summed E-state index contributed by atoms with van der Waals surface area (Å²) in [7, 11) is 0. The summed E-state index contributed by atoms with van der Waals surface area (Å²) in [5.74, 6) is -0.649. The minimum Gasteiger partial charge on any atom is -0.316 e. The van der Waals surface area contributed by atoms with Gasteiger partial charge in [0.2, 0.25) is 0 Å². The normalized spacial score (nSPS) is 11.7. The van der Waals surface area contributed by atoms with Crippen molar-refractivity contribution in [3.8, 4) is 11.3 Å². The summed E-state index contributed by atoms with van der Waals surface area (Å²) in [6.07, 6.45) is 0.732. The molecule has 29 heavy (non-hydrogen) atoms. The fourth-order valence-electron chi connectivity index (χ4n) is 3.00. The predicted molar refractivity (Wildman–Crippen MR) is 116 cm³/mol. The number of hydrogen-bond acceptors (Lipinski definition) is 4. The summed E-state index contributed by atoms with van der Waals surface area (Å²) >= 11 is 13.6. The maximum Gasteiger partial charge on any atom is 0.286 e. The monoisotopic (exact) mass is 449 g/mol. The Balaban J connectivity index is 2.18. The SMILES string of the molecule is CCc1sc(=NC(=O)c2ccccc2[N+](=O)[O-])n(CC)c1-c1ccc(Cl)c(Cl)c1. The molecular formula is C20H17Cl2N3O3S. The number of aryl methyl sites for hydroxylation is 1. The third-order valence-corrected chi connectivity index (χ3v) is 6.30. The van der Waals surface area contributed by atoms with Crippen LogP contribution in [0.25, 0.3) is 11.3 Å². The highest BCUT2D eigenvalue weighted by Crippen LogP contribution is 2.32. The smallest absolute Gasteiger partial charge is 0.286 e. The van der Waals surface area contributed by atoms with Gasteiger partial charge < -0.3 is 4.57 Å². The van der Waals surface area contributed by atoms with Gasteiger partial charge in [0, 0.05) is 23.1 Å². The first-order valence-electron chi connectivity index (χ1n) is 8.87. The first kappa shape index (κ1) is 21.2. The standard InChI is InChI=1S/C20H17Cl2N3O3S/c1-3-17-18(12-9-10-14(21)15(22)11-12)24(4-2)20(29-17)23-19(26)13-7-5-6-8-16(13)25(27)28/h5-11H,3-4H2,1-2H3. The molecule has 0 aliphatic heterocycles. The van der Waals surface area contributed by atoms with Gasteiger partial charge in [0.15, 0.2) is 4.80 Å². The Hall–Kier alpha value is -2.48. The van der Waals surface area contributed by atoms with E-state index in [1.54, 1.807) is 18.2 Å². The fraction of sp³-hybridized carbons (Fsp3) is 0.200. The molecule has 3 aromatic rings. The van der Waals surface area contributed by atoms with E-state index in [1.807, 2.05) is 24.5 Å². The summed E-state index contributed by atoms with van der Waals surface area (Å²) in [5, 5.41) is 12.1. The van der Waals surface area contributed by atoms with Crippen LogP contribution in [0.1, 0.15) is 29.1 Å². The Morgan fingerprint density at radius 1 is 1.17 bits per heavy atom. The van der Waals surface area contributed by atoms with Crippen LogP contribution in [0.4, 0.5) is 5.69 Å². The summed E-state index contributed by atoms with van der Waals surface area (Å²) < 4.78 is 1.91. The summed E-state index contributed by atoms with van der Waals surface area (Å²) in [6, 6.07) is 11.2. The minimum absolute atomic E-state index is 0.0392. The summed E-state index contributed by atoms with van der Waals surface area (Å²) in [5.41, 5.74) is 1.48. The molecule has 0 aliphatic carbocycles. The number of hydrogen-bond donors (Lipinski definition) is 0. The van der Waals surface area contributed by atoms with Gasteiger partial charge in [-0.25, -0.2) is 0 Å². The van der Waals surface area contributed by atoms with Crippen molar-refractivity contribution in [3.05, 3.63) is 77.9 Å². The van der Waals surface area contributed by atoms with E-state index in [0.717, 1.165) is 22.6 Å². The molecule has 1 amide bonds. The van der Waals surface area contributed by atoms with Crippen molar-refractivity contribution in [2.24, 2.45) is 4.99 Å². The first-order chi connectivity index (χ1) is 13.9. The highest BCUT2D eigenvalue weighted by molar-refractivity contribution is 7.09. The third kappa shape index (κ3) is 4.27. The number of carbonyl (C=O) groups is 1. The Kier molecular flexibility index (Phi) is 6.52. The second kappa shape index (κ2) is 8.90. The number of halogens is 2. The number of nitro groups is 1. The van der Waals surface area contributed by atoms with Crippen LogP contribution in [0, 0.1) is 10.1 Å². The average Bonchev–Trinajstić information content (AvgIpc) is 3.07. The zero-order chi connectivity index (χ0) is 21.1. The Morgan fingerprint density at radius 3 is 2.52 bits per heavy atom. The van der Waals surface area contributed by atoms with Gasteiger partial charge in [-0.3, -0.25) is 14.9 Å². The molecule has 0 fully saturated rings. The second-order valence-corrected chi connectivity index (χ2v) is 7.95. The highest BCUT2D eigenvalue weighted by Gasteiger charge is 2.20. The van der Waals surface area contributed by atoms with Crippen LogP contribution in [0.2, 0.25) is 10.0 Å². The van der Waals surface area contributed by atoms with Crippen LogP contribution in [0.3, 0.4) is 0 Å². The number of nitro benzene ring substituents is 1. The number of nitrogens with zero attached hydrogens (tertiary/aromatic N) is 3. The largest absolute Gasteiger partial charge is 0.316 e. The molecule has 0 saturated heterocycles. The highest BCUT2D eigenvalue weighted by atomic mass is 35.5. The minimum atomic E-state index is -0.649. The van der Waals surface area contributed by atoms with Crippen LogP contribution < -0.4 is 4.80 Å². The summed E-state index contributed by atoms with van der Waals surface area (Å²) in [4.78, 5) is 29.1. The molecule has 3 rings (SSSR count). The molecule has 9 heteroatoms. The Morgan fingerprint density at radius 2 is 1.90 bits per heavy atom. The topological polar surface area (TPSA) is 77.5 Å². The van der Waals surface area contributed by atoms with E-state index in [9.17, 15) is 14.9 Å². The van der Waals surface area contributed by atoms with E-state index in [-0.39, 0.29) is 11.3 Å². The van der Waals surface area contributed by atoms with Gasteiger partial charge in [-0.05, 0) is 31.5 Å². The second-order valence-electron chi connectivity index (χ2n) is 6.07. The van der Waals surface area contributed by atoms with E-state index in [0.29, 0.717) is 21.4 Å².